The van der Waals surface area contributed by atoms with Crippen molar-refractivity contribution in [3.63, 3.8) is 0 Å². The first kappa shape index (κ1) is 17.0. The first-order valence-corrected chi connectivity index (χ1v) is 7.12. The molecule has 0 aliphatic rings. The number of benzene rings is 1. The van der Waals surface area contributed by atoms with E-state index in [2.05, 4.69) is 11.0 Å². The fourth-order valence-electron chi connectivity index (χ4n) is 1.79. The lowest BCUT2D eigenvalue weighted by atomic mass is 10.2. The summed E-state index contributed by atoms with van der Waals surface area (Å²) in [5.74, 6) is 0.881. The molecule has 0 radical (unpaired) electrons. The molecule has 5 nitrogen and oxygen atoms in total. The van der Waals surface area contributed by atoms with Gasteiger partial charge < -0.3 is 9.64 Å². The molecule has 21 heavy (non-hydrogen) atoms. The molecular weight excluding hydrogens is 266 g/mol. The monoisotopic (exact) mass is 289 g/mol. The van der Waals surface area contributed by atoms with Gasteiger partial charge in [-0.1, -0.05) is 6.92 Å². The topological polar surface area (TPSA) is 56.6 Å². The van der Waals surface area contributed by atoms with Crippen molar-refractivity contribution in [1.82, 2.24) is 9.80 Å². The molecule has 0 atom stereocenters. The minimum absolute atomic E-state index is 0.116. The Bertz CT molecular complexity index is 477. The van der Waals surface area contributed by atoms with Gasteiger partial charge in [-0.3, -0.25) is 9.69 Å². The van der Waals surface area contributed by atoms with Crippen LogP contribution in [0.25, 0.3) is 0 Å². The van der Waals surface area contributed by atoms with Crippen LogP contribution in [0.15, 0.2) is 24.3 Å². The number of carbonyl (C=O) groups is 1. The van der Waals surface area contributed by atoms with Gasteiger partial charge in [-0.25, -0.2) is 0 Å². The maximum Gasteiger partial charge on any atom is 0.236 e. The lowest BCUT2D eigenvalue weighted by Crippen LogP contribution is -2.37. The zero-order valence-corrected chi connectivity index (χ0v) is 13.0. The molecule has 1 aromatic rings. The van der Waals surface area contributed by atoms with Gasteiger partial charge in [-0.15, -0.1) is 0 Å². The first-order chi connectivity index (χ1) is 10.1. The molecule has 1 amide bonds. The Hall–Kier alpha value is -2.06. The fraction of sp³-hybridized carbons (Fsp3) is 0.500. The van der Waals surface area contributed by atoms with Crippen molar-refractivity contribution in [2.75, 3.05) is 40.3 Å². The van der Waals surface area contributed by atoms with E-state index in [0.29, 0.717) is 18.7 Å². The van der Waals surface area contributed by atoms with E-state index in [1.807, 2.05) is 6.92 Å². The number of hydrogen-bond donors (Lipinski definition) is 0. The summed E-state index contributed by atoms with van der Waals surface area (Å²) in [5.41, 5.74) is 0.627. The van der Waals surface area contributed by atoms with Crippen molar-refractivity contribution in [2.24, 2.45) is 0 Å². The number of nitrogens with zero attached hydrogens (tertiary/aromatic N) is 3. The van der Waals surface area contributed by atoms with Crippen molar-refractivity contribution in [2.45, 2.75) is 13.3 Å². The van der Waals surface area contributed by atoms with Crippen LogP contribution in [-0.2, 0) is 4.79 Å². The Balaban J connectivity index is 2.28. The highest BCUT2D eigenvalue weighted by molar-refractivity contribution is 5.77. The summed E-state index contributed by atoms with van der Waals surface area (Å²) in [6.07, 6.45) is 0.856. The summed E-state index contributed by atoms with van der Waals surface area (Å²) >= 11 is 0. The molecule has 0 aromatic heterocycles. The zero-order valence-electron chi connectivity index (χ0n) is 13.0. The molecule has 1 rings (SSSR count). The van der Waals surface area contributed by atoms with Crippen LogP contribution in [-0.4, -0.2) is 56.0 Å². The minimum Gasteiger partial charge on any atom is -0.494 e. The molecule has 0 fully saturated rings. The number of likely N-dealkylation sites (N-methyl/N-ethyl adjacent to an activating group) is 2. The Labute approximate surface area is 126 Å². The molecular formula is C16H23N3O2. The van der Waals surface area contributed by atoms with Crippen molar-refractivity contribution in [3.05, 3.63) is 29.8 Å². The van der Waals surface area contributed by atoms with Gasteiger partial charge in [0.25, 0.3) is 0 Å². The molecule has 5 heteroatoms. The average molecular weight is 289 g/mol. The largest absolute Gasteiger partial charge is 0.494 e. The molecule has 0 N–H and O–H groups in total. The third-order valence-electron chi connectivity index (χ3n) is 3.18. The summed E-state index contributed by atoms with van der Waals surface area (Å²) in [7, 11) is 3.54. The second-order valence-electron chi connectivity index (χ2n) is 5.00. The molecule has 1 aromatic carbocycles. The van der Waals surface area contributed by atoms with Crippen molar-refractivity contribution >= 4 is 5.91 Å². The number of nitriles is 1. The Kier molecular flexibility index (Phi) is 7.27. The Morgan fingerprint density at radius 2 is 1.95 bits per heavy atom. The van der Waals surface area contributed by atoms with E-state index in [1.54, 1.807) is 43.3 Å². The Morgan fingerprint density at radius 1 is 1.29 bits per heavy atom. The summed E-state index contributed by atoms with van der Waals surface area (Å²) in [4.78, 5) is 15.4. The standard InChI is InChI=1S/C16H23N3O2/c1-4-19(13-16(20)18(2)3)10-5-11-21-15-8-6-14(12-17)7-9-15/h6-9H,4-5,10-11,13H2,1-3H3. The number of hydrogen-bond acceptors (Lipinski definition) is 4. The normalized spacial score (nSPS) is 10.2. The van der Waals surface area contributed by atoms with Crippen LogP contribution in [0.3, 0.4) is 0 Å². The van der Waals surface area contributed by atoms with E-state index >= 15 is 0 Å². The quantitative estimate of drug-likeness (QED) is 0.684. The van der Waals surface area contributed by atoms with Crippen molar-refractivity contribution < 1.29 is 9.53 Å². The number of ether oxygens (including phenoxy) is 1. The van der Waals surface area contributed by atoms with Gasteiger partial charge in [-0.05, 0) is 37.2 Å². The fourth-order valence-corrected chi connectivity index (χ4v) is 1.79. The van der Waals surface area contributed by atoms with E-state index < -0.39 is 0 Å². The first-order valence-electron chi connectivity index (χ1n) is 7.12. The lowest BCUT2D eigenvalue weighted by Gasteiger charge is -2.21. The van der Waals surface area contributed by atoms with Crippen LogP contribution in [0.2, 0.25) is 0 Å². The van der Waals surface area contributed by atoms with E-state index in [9.17, 15) is 4.79 Å². The van der Waals surface area contributed by atoms with Crippen LogP contribution in [0.1, 0.15) is 18.9 Å². The minimum atomic E-state index is 0.116. The molecule has 0 aliphatic heterocycles. The van der Waals surface area contributed by atoms with E-state index in [4.69, 9.17) is 10.00 Å². The van der Waals surface area contributed by atoms with E-state index in [-0.39, 0.29) is 5.91 Å². The van der Waals surface area contributed by atoms with Crippen molar-refractivity contribution in [3.8, 4) is 11.8 Å². The second-order valence-corrected chi connectivity index (χ2v) is 5.00. The molecule has 0 heterocycles. The highest BCUT2D eigenvalue weighted by Crippen LogP contribution is 2.11. The zero-order chi connectivity index (χ0) is 15.7. The smallest absolute Gasteiger partial charge is 0.236 e. The van der Waals surface area contributed by atoms with Gasteiger partial charge in [-0.2, -0.15) is 5.26 Å². The van der Waals surface area contributed by atoms with Gasteiger partial charge in [0, 0.05) is 20.6 Å². The third kappa shape index (κ3) is 6.28. The lowest BCUT2D eigenvalue weighted by molar-refractivity contribution is -0.129. The maximum atomic E-state index is 11.7. The molecule has 0 bridgehead atoms. The van der Waals surface area contributed by atoms with Gasteiger partial charge in [0.1, 0.15) is 5.75 Å². The molecule has 0 aliphatic carbocycles. The van der Waals surface area contributed by atoms with Gasteiger partial charge in [0.15, 0.2) is 0 Å². The second kappa shape index (κ2) is 8.98. The van der Waals surface area contributed by atoms with Gasteiger partial charge in [0.05, 0.1) is 24.8 Å². The average Bonchev–Trinajstić information content (AvgIpc) is 2.50. The Morgan fingerprint density at radius 3 is 2.48 bits per heavy atom. The molecule has 0 saturated heterocycles. The van der Waals surface area contributed by atoms with Gasteiger partial charge in [0.2, 0.25) is 5.91 Å². The summed E-state index contributed by atoms with van der Waals surface area (Å²) in [5, 5.41) is 8.71. The van der Waals surface area contributed by atoms with Crippen LogP contribution in [0.5, 0.6) is 5.75 Å². The molecule has 0 saturated carbocycles. The van der Waals surface area contributed by atoms with E-state index in [0.717, 1.165) is 25.3 Å². The van der Waals surface area contributed by atoms with Crippen LogP contribution in [0.4, 0.5) is 0 Å². The molecule has 0 unspecified atom stereocenters. The third-order valence-corrected chi connectivity index (χ3v) is 3.18. The highest BCUT2D eigenvalue weighted by Gasteiger charge is 2.10. The van der Waals surface area contributed by atoms with Crippen LogP contribution < -0.4 is 4.74 Å². The summed E-state index contributed by atoms with van der Waals surface area (Å²) in [6, 6.07) is 9.15. The highest BCUT2D eigenvalue weighted by atomic mass is 16.5. The molecule has 114 valence electrons. The van der Waals surface area contributed by atoms with E-state index in [1.165, 1.54) is 0 Å². The SMILES string of the molecule is CCN(CCCOc1ccc(C#N)cc1)CC(=O)N(C)C. The number of carbonyl (C=O) groups excluding carboxylic acids is 1. The van der Waals surface area contributed by atoms with Crippen molar-refractivity contribution in [1.29, 1.82) is 5.26 Å². The predicted molar refractivity (Wildman–Crippen MR) is 82.1 cm³/mol. The maximum absolute atomic E-state index is 11.7. The summed E-state index contributed by atoms with van der Waals surface area (Å²) in [6.45, 7) is 4.76. The van der Waals surface area contributed by atoms with Crippen LogP contribution >= 0.6 is 0 Å². The summed E-state index contributed by atoms with van der Waals surface area (Å²) < 4.78 is 5.62. The number of amides is 1. The number of rotatable bonds is 8. The van der Waals surface area contributed by atoms with Gasteiger partial charge >= 0.3 is 0 Å². The molecule has 0 spiro atoms. The predicted octanol–water partition coefficient (Wildman–Crippen LogP) is 1.74. The van der Waals surface area contributed by atoms with Crippen LogP contribution in [0, 0.1) is 11.3 Å².